The highest BCUT2D eigenvalue weighted by atomic mass is 16.5. The monoisotopic (exact) mass is 281 g/mol. The molecule has 0 aliphatic carbocycles. The Hall–Kier alpha value is -2.82. The maximum atomic E-state index is 10.3. The summed E-state index contributed by atoms with van der Waals surface area (Å²) in [7, 11) is 1.52. The van der Waals surface area contributed by atoms with Gasteiger partial charge < -0.3 is 9.84 Å². The van der Waals surface area contributed by atoms with Crippen LogP contribution in [0.4, 0.5) is 0 Å². The Morgan fingerprint density at radius 1 is 1.24 bits per heavy atom. The summed E-state index contributed by atoms with van der Waals surface area (Å²) >= 11 is 0. The van der Waals surface area contributed by atoms with Crippen molar-refractivity contribution in [2.24, 2.45) is 0 Å². The number of ether oxygens (including phenoxy) is 1. The SMILES string of the molecule is C=CCc1cc(OC)c(O)c(-n2nc3ccccc3n2)c1. The van der Waals surface area contributed by atoms with E-state index >= 15 is 0 Å². The Balaban J connectivity index is 2.19. The minimum Gasteiger partial charge on any atom is -0.503 e. The molecule has 1 heterocycles. The van der Waals surface area contributed by atoms with Gasteiger partial charge in [-0.05, 0) is 36.2 Å². The van der Waals surface area contributed by atoms with Crippen molar-refractivity contribution in [3.8, 4) is 17.2 Å². The van der Waals surface area contributed by atoms with Crippen LogP contribution in [-0.4, -0.2) is 27.2 Å². The van der Waals surface area contributed by atoms with Crippen molar-refractivity contribution in [1.82, 2.24) is 15.0 Å². The average Bonchev–Trinajstić information content (AvgIpc) is 2.92. The van der Waals surface area contributed by atoms with Crippen molar-refractivity contribution < 1.29 is 9.84 Å². The normalized spacial score (nSPS) is 10.7. The molecule has 0 radical (unpaired) electrons. The number of hydrogen-bond acceptors (Lipinski definition) is 4. The summed E-state index contributed by atoms with van der Waals surface area (Å²) in [6.07, 6.45) is 2.47. The van der Waals surface area contributed by atoms with E-state index in [2.05, 4.69) is 16.8 Å². The first-order chi connectivity index (χ1) is 10.2. The molecular weight excluding hydrogens is 266 g/mol. The third-order valence-corrected chi connectivity index (χ3v) is 3.22. The van der Waals surface area contributed by atoms with Gasteiger partial charge in [0.1, 0.15) is 16.7 Å². The summed E-state index contributed by atoms with van der Waals surface area (Å²) in [6.45, 7) is 3.73. The maximum absolute atomic E-state index is 10.3. The van der Waals surface area contributed by atoms with E-state index in [9.17, 15) is 5.11 Å². The molecule has 0 saturated carbocycles. The number of rotatable bonds is 4. The Labute approximate surface area is 122 Å². The van der Waals surface area contributed by atoms with Crippen LogP contribution in [0.15, 0.2) is 49.1 Å². The van der Waals surface area contributed by atoms with Gasteiger partial charge in [-0.2, -0.15) is 0 Å². The van der Waals surface area contributed by atoms with E-state index in [0.29, 0.717) is 17.9 Å². The first-order valence-corrected chi connectivity index (χ1v) is 6.56. The topological polar surface area (TPSA) is 60.2 Å². The number of allylic oxidation sites excluding steroid dienone is 1. The van der Waals surface area contributed by atoms with Gasteiger partial charge in [-0.15, -0.1) is 21.6 Å². The van der Waals surface area contributed by atoms with Crippen molar-refractivity contribution in [2.45, 2.75) is 6.42 Å². The molecule has 1 N–H and O–H groups in total. The molecule has 0 unspecified atom stereocenters. The van der Waals surface area contributed by atoms with E-state index in [4.69, 9.17) is 4.74 Å². The quantitative estimate of drug-likeness (QED) is 0.747. The minimum atomic E-state index is 0.0191. The summed E-state index contributed by atoms with van der Waals surface area (Å²) < 4.78 is 5.22. The second-order valence-electron chi connectivity index (χ2n) is 4.64. The van der Waals surface area contributed by atoms with Crippen molar-refractivity contribution in [1.29, 1.82) is 0 Å². The van der Waals surface area contributed by atoms with Crippen LogP contribution in [0, 0.1) is 0 Å². The van der Waals surface area contributed by atoms with Crippen LogP contribution in [0.3, 0.4) is 0 Å². The number of aromatic nitrogens is 3. The molecule has 3 rings (SSSR count). The smallest absolute Gasteiger partial charge is 0.185 e. The summed E-state index contributed by atoms with van der Waals surface area (Å²) in [6, 6.07) is 11.2. The summed E-state index contributed by atoms with van der Waals surface area (Å²) in [4.78, 5) is 1.43. The summed E-state index contributed by atoms with van der Waals surface area (Å²) in [5, 5.41) is 19.1. The molecule has 0 fully saturated rings. The molecule has 2 aromatic carbocycles. The van der Waals surface area contributed by atoms with Gasteiger partial charge in [-0.3, -0.25) is 0 Å². The van der Waals surface area contributed by atoms with Gasteiger partial charge >= 0.3 is 0 Å². The number of benzene rings is 2. The number of methoxy groups -OCH3 is 1. The molecule has 0 aliphatic heterocycles. The van der Waals surface area contributed by atoms with Crippen LogP contribution < -0.4 is 4.74 Å². The number of hydrogen-bond donors (Lipinski definition) is 1. The highest BCUT2D eigenvalue weighted by Gasteiger charge is 2.14. The third kappa shape index (κ3) is 2.33. The molecule has 5 heteroatoms. The molecule has 0 saturated heterocycles. The van der Waals surface area contributed by atoms with Crippen LogP contribution in [0.5, 0.6) is 11.5 Å². The number of nitrogens with zero attached hydrogens (tertiary/aromatic N) is 3. The van der Waals surface area contributed by atoms with E-state index in [1.54, 1.807) is 12.1 Å². The van der Waals surface area contributed by atoms with E-state index < -0.39 is 0 Å². The maximum Gasteiger partial charge on any atom is 0.185 e. The van der Waals surface area contributed by atoms with Crippen LogP contribution in [0.2, 0.25) is 0 Å². The lowest BCUT2D eigenvalue weighted by Gasteiger charge is -2.10. The second kappa shape index (κ2) is 5.28. The average molecular weight is 281 g/mol. The largest absolute Gasteiger partial charge is 0.503 e. The van der Waals surface area contributed by atoms with Gasteiger partial charge in [0.25, 0.3) is 0 Å². The van der Waals surface area contributed by atoms with E-state index in [1.165, 1.54) is 11.9 Å². The van der Waals surface area contributed by atoms with Crippen LogP contribution >= 0.6 is 0 Å². The highest BCUT2D eigenvalue weighted by molar-refractivity contribution is 5.73. The lowest BCUT2D eigenvalue weighted by atomic mass is 10.1. The predicted molar refractivity (Wildman–Crippen MR) is 81.0 cm³/mol. The van der Waals surface area contributed by atoms with E-state index in [-0.39, 0.29) is 5.75 Å². The van der Waals surface area contributed by atoms with Gasteiger partial charge in [-0.25, -0.2) is 0 Å². The molecule has 0 atom stereocenters. The number of phenols is 1. The molecule has 0 bridgehead atoms. The van der Waals surface area contributed by atoms with E-state index in [1.807, 2.05) is 30.3 Å². The highest BCUT2D eigenvalue weighted by Crippen LogP contribution is 2.34. The molecule has 0 aliphatic rings. The Kier molecular flexibility index (Phi) is 3.31. The standard InChI is InChI=1S/C16H15N3O2/c1-3-6-11-9-14(16(20)15(10-11)21-2)19-17-12-7-4-5-8-13(12)18-19/h3-5,7-10,20H,1,6H2,2H3. The second-order valence-corrected chi connectivity index (χ2v) is 4.64. The summed E-state index contributed by atoms with van der Waals surface area (Å²) in [5.41, 5.74) is 2.99. The molecule has 0 amide bonds. The molecular formula is C16H15N3O2. The predicted octanol–water partition coefficient (Wildman–Crippen LogP) is 2.86. The summed E-state index contributed by atoms with van der Waals surface area (Å²) in [5.74, 6) is 0.413. The molecule has 3 aromatic rings. The molecule has 1 aromatic heterocycles. The van der Waals surface area contributed by atoms with Gasteiger partial charge in [0, 0.05) is 0 Å². The van der Waals surface area contributed by atoms with Crippen LogP contribution in [-0.2, 0) is 6.42 Å². The lowest BCUT2D eigenvalue weighted by molar-refractivity contribution is 0.370. The zero-order valence-electron chi connectivity index (χ0n) is 11.7. The zero-order chi connectivity index (χ0) is 14.8. The van der Waals surface area contributed by atoms with Crippen molar-refractivity contribution in [3.05, 3.63) is 54.6 Å². The number of aromatic hydroxyl groups is 1. The van der Waals surface area contributed by atoms with Crippen LogP contribution in [0.1, 0.15) is 5.56 Å². The van der Waals surface area contributed by atoms with Gasteiger partial charge in [0.2, 0.25) is 0 Å². The fourth-order valence-corrected chi connectivity index (χ4v) is 2.21. The minimum absolute atomic E-state index is 0.0191. The number of fused-ring (bicyclic) bond motifs is 1. The van der Waals surface area contributed by atoms with Gasteiger partial charge in [0.05, 0.1) is 7.11 Å². The molecule has 21 heavy (non-hydrogen) atoms. The number of phenolic OH excluding ortho intramolecular Hbond substituents is 1. The Bertz CT molecular complexity index is 775. The van der Waals surface area contributed by atoms with Gasteiger partial charge in [-0.1, -0.05) is 18.2 Å². The van der Waals surface area contributed by atoms with Crippen LogP contribution in [0.25, 0.3) is 16.7 Å². The first-order valence-electron chi connectivity index (χ1n) is 6.56. The fourth-order valence-electron chi connectivity index (χ4n) is 2.21. The van der Waals surface area contributed by atoms with Crippen molar-refractivity contribution in [3.63, 3.8) is 0 Å². The molecule has 0 spiro atoms. The molecule has 5 nitrogen and oxygen atoms in total. The Morgan fingerprint density at radius 3 is 2.48 bits per heavy atom. The van der Waals surface area contributed by atoms with Crippen molar-refractivity contribution >= 4 is 11.0 Å². The molecule has 106 valence electrons. The van der Waals surface area contributed by atoms with Crippen molar-refractivity contribution in [2.75, 3.05) is 7.11 Å². The Morgan fingerprint density at radius 2 is 1.90 bits per heavy atom. The van der Waals surface area contributed by atoms with Gasteiger partial charge in [0.15, 0.2) is 11.5 Å². The first kappa shape index (κ1) is 13.2. The third-order valence-electron chi connectivity index (χ3n) is 3.22. The lowest BCUT2D eigenvalue weighted by Crippen LogP contribution is -2.01. The zero-order valence-corrected chi connectivity index (χ0v) is 11.7. The fraction of sp³-hybridized carbons (Fsp3) is 0.125. The van der Waals surface area contributed by atoms with E-state index in [0.717, 1.165) is 16.6 Å².